The third-order valence-electron chi connectivity index (χ3n) is 4.88. The van der Waals surface area contributed by atoms with Gasteiger partial charge in [-0.25, -0.2) is 4.79 Å². The van der Waals surface area contributed by atoms with Crippen molar-refractivity contribution in [1.29, 1.82) is 0 Å². The van der Waals surface area contributed by atoms with Gasteiger partial charge in [0.1, 0.15) is 24.6 Å². The van der Waals surface area contributed by atoms with Crippen molar-refractivity contribution in [3.8, 4) is 17.2 Å². The molecule has 0 amide bonds. The van der Waals surface area contributed by atoms with Crippen LogP contribution in [0.4, 0.5) is 5.82 Å². The Kier molecular flexibility index (Phi) is 4.65. The van der Waals surface area contributed by atoms with Gasteiger partial charge in [0.05, 0.1) is 12.8 Å². The Balaban J connectivity index is 1.82. The molecular weight excluding hydrogens is 378 g/mol. The number of carbonyl (C=O) groups is 1. The second kappa shape index (κ2) is 7.16. The number of carbonyl (C=O) groups excluding carboxylic acids is 1. The Bertz CT molecular complexity index is 1140. The molecule has 3 heterocycles. The van der Waals surface area contributed by atoms with E-state index in [1.807, 2.05) is 6.92 Å². The van der Waals surface area contributed by atoms with Crippen molar-refractivity contribution in [2.24, 2.45) is 7.05 Å². The Morgan fingerprint density at radius 1 is 1.21 bits per heavy atom. The van der Waals surface area contributed by atoms with Crippen LogP contribution in [0.1, 0.15) is 29.3 Å². The van der Waals surface area contributed by atoms with E-state index in [1.165, 1.54) is 18.7 Å². The number of ketones is 1. The quantitative estimate of drug-likeness (QED) is 0.776. The van der Waals surface area contributed by atoms with Gasteiger partial charge < -0.3 is 19.5 Å². The van der Waals surface area contributed by atoms with Gasteiger partial charge in [0.2, 0.25) is 11.5 Å². The van der Waals surface area contributed by atoms with Gasteiger partial charge in [-0.1, -0.05) is 6.92 Å². The molecule has 0 fully saturated rings. The lowest BCUT2D eigenvalue weighted by Gasteiger charge is -2.21. The minimum Gasteiger partial charge on any atom is -0.493 e. The van der Waals surface area contributed by atoms with Gasteiger partial charge >= 0.3 is 5.69 Å². The maximum absolute atomic E-state index is 12.9. The number of ether oxygens (including phenoxy) is 3. The van der Waals surface area contributed by atoms with Gasteiger partial charge in [0, 0.05) is 13.6 Å². The third-order valence-corrected chi connectivity index (χ3v) is 4.88. The average molecular weight is 399 g/mol. The lowest BCUT2D eigenvalue weighted by molar-refractivity contribution is 0.104. The molecule has 2 aromatic rings. The van der Waals surface area contributed by atoms with Crippen LogP contribution < -0.4 is 30.8 Å². The predicted octanol–water partition coefficient (Wildman–Crippen LogP) is 1.39. The number of rotatable bonds is 4. The van der Waals surface area contributed by atoms with E-state index >= 15 is 0 Å². The monoisotopic (exact) mass is 399 g/mol. The summed E-state index contributed by atoms with van der Waals surface area (Å²) < 4.78 is 19.0. The van der Waals surface area contributed by atoms with E-state index in [1.54, 1.807) is 18.2 Å². The highest BCUT2D eigenvalue weighted by atomic mass is 16.6. The summed E-state index contributed by atoms with van der Waals surface area (Å²) in [5.74, 6) is 1.29. The summed E-state index contributed by atoms with van der Waals surface area (Å²) in [6.07, 6.45) is 2.28. The molecule has 1 N–H and O–H groups in total. The van der Waals surface area contributed by atoms with Crippen LogP contribution in [0.15, 0.2) is 27.4 Å². The minimum absolute atomic E-state index is 0.0312. The molecule has 2 aliphatic heterocycles. The Labute approximate surface area is 166 Å². The number of anilines is 1. The minimum atomic E-state index is -0.613. The van der Waals surface area contributed by atoms with Crippen molar-refractivity contribution in [2.45, 2.75) is 19.9 Å². The lowest BCUT2D eigenvalue weighted by Crippen LogP contribution is -2.40. The van der Waals surface area contributed by atoms with Crippen molar-refractivity contribution in [3.63, 3.8) is 0 Å². The number of aromatic nitrogens is 2. The summed E-state index contributed by atoms with van der Waals surface area (Å²) in [6.45, 7) is 3.15. The Hall–Kier alpha value is -3.49. The topological polar surface area (TPSA) is 101 Å². The van der Waals surface area contributed by atoms with Crippen LogP contribution in [0.25, 0.3) is 6.08 Å². The van der Waals surface area contributed by atoms with Crippen LogP contribution in [-0.2, 0) is 13.6 Å². The Morgan fingerprint density at radius 2 is 1.97 bits per heavy atom. The predicted molar refractivity (Wildman–Crippen MR) is 106 cm³/mol. The van der Waals surface area contributed by atoms with Gasteiger partial charge in [-0.15, -0.1) is 0 Å². The zero-order valence-electron chi connectivity index (χ0n) is 16.4. The second-order valence-electron chi connectivity index (χ2n) is 6.78. The molecule has 0 bridgehead atoms. The first-order valence-corrected chi connectivity index (χ1v) is 9.31. The number of hydrogen-bond donors (Lipinski definition) is 1. The highest BCUT2D eigenvalue weighted by molar-refractivity contribution is 6.19. The highest BCUT2D eigenvalue weighted by Gasteiger charge is 2.32. The molecule has 4 rings (SSSR count). The maximum atomic E-state index is 12.9. The summed E-state index contributed by atoms with van der Waals surface area (Å²) in [7, 11) is 2.89. The van der Waals surface area contributed by atoms with E-state index in [9.17, 15) is 14.4 Å². The van der Waals surface area contributed by atoms with E-state index < -0.39 is 17.0 Å². The van der Waals surface area contributed by atoms with Gasteiger partial charge in [0.25, 0.3) is 5.56 Å². The number of nitrogens with zero attached hydrogens (tertiary/aromatic N) is 2. The van der Waals surface area contributed by atoms with Crippen molar-refractivity contribution in [3.05, 3.63) is 49.8 Å². The van der Waals surface area contributed by atoms with Crippen molar-refractivity contribution in [2.75, 3.05) is 25.6 Å². The average Bonchev–Trinajstić information content (AvgIpc) is 3.05. The number of benzene rings is 1. The first-order chi connectivity index (χ1) is 14.0. The summed E-state index contributed by atoms with van der Waals surface area (Å²) in [5.41, 5.74) is -0.269. The highest BCUT2D eigenvalue weighted by Crippen LogP contribution is 2.41. The van der Waals surface area contributed by atoms with Crippen LogP contribution >= 0.6 is 0 Å². The number of Topliss-reactive ketones (excluding diaryl/α,β-unsaturated/α-hetero) is 1. The summed E-state index contributed by atoms with van der Waals surface area (Å²) >= 11 is 0. The molecule has 1 aromatic heterocycles. The number of nitrogens with one attached hydrogen (secondary N) is 1. The van der Waals surface area contributed by atoms with Gasteiger partial charge in [0.15, 0.2) is 11.5 Å². The third kappa shape index (κ3) is 2.98. The summed E-state index contributed by atoms with van der Waals surface area (Å²) in [4.78, 5) is 37.9. The molecule has 0 spiro atoms. The largest absolute Gasteiger partial charge is 0.493 e. The van der Waals surface area contributed by atoms with Gasteiger partial charge in [-0.2, -0.15) is 0 Å². The lowest BCUT2D eigenvalue weighted by atomic mass is 10.1. The van der Waals surface area contributed by atoms with Crippen LogP contribution in [0.3, 0.4) is 0 Å². The molecule has 0 saturated carbocycles. The fourth-order valence-corrected chi connectivity index (χ4v) is 3.50. The van der Waals surface area contributed by atoms with Crippen LogP contribution in [0, 0.1) is 0 Å². The molecule has 29 heavy (non-hydrogen) atoms. The van der Waals surface area contributed by atoms with Crippen molar-refractivity contribution >= 4 is 17.7 Å². The summed E-state index contributed by atoms with van der Waals surface area (Å²) in [6, 6.07) is 3.45. The van der Waals surface area contributed by atoms with E-state index in [-0.39, 0.29) is 17.1 Å². The molecule has 9 nitrogen and oxygen atoms in total. The molecule has 152 valence electrons. The van der Waals surface area contributed by atoms with Crippen molar-refractivity contribution < 1.29 is 19.0 Å². The summed E-state index contributed by atoms with van der Waals surface area (Å²) in [5, 5.41) is 2.96. The smallest absolute Gasteiger partial charge is 0.332 e. The zero-order chi connectivity index (χ0) is 20.7. The molecule has 1 aromatic carbocycles. The van der Waals surface area contributed by atoms with Crippen LogP contribution in [-0.4, -0.2) is 35.2 Å². The first kappa shape index (κ1) is 18.9. The zero-order valence-corrected chi connectivity index (χ0v) is 16.4. The number of allylic oxidation sites excluding steroid dienone is 1. The first-order valence-electron chi connectivity index (χ1n) is 9.31. The molecular formula is C20H21N3O6. The normalized spacial score (nSPS) is 16.0. The number of methoxy groups -OCH3 is 1. The molecule has 0 unspecified atom stereocenters. The maximum Gasteiger partial charge on any atom is 0.332 e. The molecule has 2 aliphatic rings. The molecule has 0 aliphatic carbocycles. The number of hydrogen-bond acceptors (Lipinski definition) is 7. The molecule has 0 atom stereocenters. The fourth-order valence-electron chi connectivity index (χ4n) is 3.50. The SMILES string of the molecule is CCCn1c2c(c(=O)n(C)c1=O)C(=O)/C(=C\c1cc(OC)c3c(c1)OCCO3)N2. The van der Waals surface area contributed by atoms with E-state index in [0.29, 0.717) is 49.0 Å². The standard InChI is InChI=1S/C20H21N3O6/c1-4-5-23-18-15(19(25)22(2)20(23)26)16(24)12(21-18)8-11-9-13(27-3)17-14(10-11)28-6-7-29-17/h8-10,21H,4-7H2,1-3H3/b12-8+. The van der Waals surface area contributed by atoms with E-state index in [0.717, 1.165) is 4.57 Å². The molecule has 9 heteroatoms. The fraction of sp³-hybridized carbons (Fsp3) is 0.350. The van der Waals surface area contributed by atoms with Crippen molar-refractivity contribution in [1.82, 2.24) is 9.13 Å². The van der Waals surface area contributed by atoms with Crippen LogP contribution in [0.5, 0.6) is 17.2 Å². The second-order valence-corrected chi connectivity index (χ2v) is 6.78. The van der Waals surface area contributed by atoms with Gasteiger partial charge in [-0.05, 0) is 30.2 Å². The van der Waals surface area contributed by atoms with Crippen LogP contribution in [0.2, 0.25) is 0 Å². The van der Waals surface area contributed by atoms with Gasteiger partial charge in [-0.3, -0.25) is 18.7 Å². The van der Waals surface area contributed by atoms with E-state index in [2.05, 4.69) is 5.32 Å². The molecule has 0 radical (unpaired) electrons. The van der Waals surface area contributed by atoms with E-state index in [4.69, 9.17) is 14.2 Å². The number of fused-ring (bicyclic) bond motifs is 2. The Morgan fingerprint density at radius 3 is 2.69 bits per heavy atom. The molecule has 0 saturated heterocycles.